The third-order valence-electron chi connectivity index (χ3n) is 2.70. The summed E-state index contributed by atoms with van der Waals surface area (Å²) in [6, 6.07) is 7.78. The number of fused-ring (bicyclic) bond motifs is 1. The number of anilines is 1. The Labute approximate surface area is 109 Å². The number of pyridine rings is 1. The van der Waals surface area contributed by atoms with E-state index < -0.39 is 0 Å². The van der Waals surface area contributed by atoms with Gasteiger partial charge < -0.3 is 10.3 Å². The normalized spacial score (nSPS) is 10.9. The number of nitrogens with two attached hydrogens (primary N) is 1. The van der Waals surface area contributed by atoms with Gasteiger partial charge in [0.2, 0.25) is 0 Å². The molecule has 5 heteroatoms. The Hall–Kier alpha value is -2.01. The highest BCUT2D eigenvalue weighted by molar-refractivity contribution is 7.99. The standard InChI is InChI=1S/C13H12N4S/c1-17-7-6-16-13(17)18-12-4-5-15-11-8-9(14)2-3-10(11)12/h2-8H,14H2,1H3. The van der Waals surface area contributed by atoms with Crippen LogP contribution in [0.2, 0.25) is 0 Å². The fourth-order valence-electron chi connectivity index (χ4n) is 1.78. The van der Waals surface area contributed by atoms with Crippen LogP contribution in [0.4, 0.5) is 5.69 Å². The molecule has 0 amide bonds. The monoisotopic (exact) mass is 256 g/mol. The van der Waals surface area contributed by atoms with Gasteiger partial charge in [-0.3, -0.25) is 4.98 Å². The Kier molecular flexibility index (Phi) is 2.68. The highest BCUT2D eigenvalue weighted by Crippen LogP contribution is 2.31. The molecular formula is C13H12N4S. The summed E-state index contributed by atoms with van der Waals surface area (Å²) >= 11 is 1.63. The van der Waals surface area contributed by atoms with Gasteiger partial charge in [-0.1, -0.05) is 11.8 Å². The van der Waals surface area contributed by atoms with Crippen LogP contribution in [0.3, 0.4) is 0 Å². The summed E-state index contributed by atoms with van der Waals surface area (Å²) in [6.07, 6.45) is 5.53. The largest absolute Gasteiger partial charge is 0.399 e. The Morgan fingerprint density at radius 2 is 2.06 bits per heavy atom. The molecule has 0 saturated heterocycles. The van der Waals surface area contributed by atoms with Gasteiger partial charge in [-0.05, 0) is 24.3 Å². The van der Waals surface area contributed by atoms with E-state index in [1.807, 2.05) is 42.1 Å². The molecule has 1 aromatic carbocycles. The lowest BCUT2D eigenvalue weighted by atomic mass is 10.2. The lowest BCUT2D eigenvalue weighted by Gasteiger charge is -2.06. The molecule has 0 unspecified atom stereocenters. The minimum absolute atomic E-state index is 0.731. The molecule has 18 heavy (non-hydrogen) atoms. The Morgan fingerprint density at radius 3 is 2.83 bits per heavy atom. The second kappa shape index (κ2) is 4.34. The first-order chi connectivity index (χ1) is 8.74. The summed E-state index contributed by atoms with van der Waals surface area (Å²) in [6.45, 7) is 0. The van der Waals surface area contributed by atoms with Crippen molar-refractivity contribution in [1.82, 2.24) is 14.5 Å². The molecule has 0 fully saturated rings. The van der Waals surface area contributed by atoms with Gasteiger partial charge in [-0.25, -0.2) is 4.98 Å². The summed E-state index contributed by atoms with van der Waals surface area (Å²) in [4.78, 5) is 9.78. The zero-order chi connectivity index (χ0) is 12.5. The minimum atomic E-state index is 0.731. The van der Waals surface area contributed by atoms with Gasteiger partial charge in [0.05, 0.1) is 5.52 Å². The van der Waals surface area contributed by atoms with Gasteiger partial charge in [0.1, 0.15) is 0 Å². The van der Waals surface area contributed by atoms with E-state index in [1.165, 1.54) is 0 Å². The van der Waals surface area contributed by atoms with Crippen LogP contribution >= 0.6 is 11.8 Å². The van der Waals surface area contributed by atoms with E-state index >= 15 is 0 Å². The van der Waals surface area contributed by atoms with Gasteiger partial charge >= 0.3 is 0 Å². The summed E-state index contributed by atoms with van der Waals surface area (Å²) in [5.41, 5.74) is 7.41. The van der Waals surface area contributed by atoms with Crippen LogP contribution < -0.4 is 5.73 Å². The van der Waals surface area contributed by atoms with Gasteiger partial charge in [0.25, 0.3) is 0 Å². The zero-order valence-electron chi connectivity index (χ0n) is 9.87. The maximum absolute atomic E-state index is 5.77. The molecule has 2 aromatic heterocycles. The molecule has 0 aliphatic heterocycles. The van der Waals surface area contributed by atoms with Crippen LogP contribution in [0.5, 0.6) is 0 Å². The molecule has 3 aromatic rings. The average molecular weight is 256 g/mol. The van der Waals surface area contributed by atoms with Crippen LogP contribution in [-0.2, 0) is 7.05 Å². The van der Waals surface area contributed by atoms with Crippen molar-refractivity contribution in [3.8, 4) is 0 Å². The van der Waals surface area contributed by atoms with Crippen LogP contribution in [0.25, 0.3) is 10.9 Å². The van der Waals surface area contributed by atoms with Crippen molar-refractivity contribution in [2.75, 3.05) is 5.73 Å². The molecule has 4 nitrogen and oxygen atoms in total. The van der Waals surface area contributed by atoms with Crippen molar-refractivity contribution < 1.29 is 0 Å². The topological polar surface area (TPSA) is 56.7 Å². The number of nitrogens with zero attached hydrogens (tertiary/aromatic N) is 3. The van der Waals surface area contributed by atoms with Crippen molar-refractivity contribution in [1.29, 1.82) is 0 Å². The molecule has 2 N–H and O–H groups in total. The summed E-state index contributed by atoms with van der Waals surface area (Å²) in [5.74, 6) is 0. The minimum Gasteiger partial charge on any atom is -0.399 e. The highest BCUT2D eigenvalue weighted by Gasteiger charge is 2.07. The zero-order valence-corrected chi connectivity index (χ0v) is 10.7. The van der Waals surface area contributed by atoms with Crippen LogP contribution in [0.1, 0.15) is 0 Å². The highest BCUT2D eigenvalue weighted by atomic mass is 32.2. The fourth-order valence-corrected chi connectivity index (χ4v) is 2.70. The number of rotatable bonds is 2. The van der Waals surface area contributed by atoms with E-state index in [0.717, 1.165) is 26.6 Å². The van der Waals surface area contributed by atoms with Crippen molar-refractivity contribution in [2.45, 2.75) is 10.1 Å². The predicted octanol–water partition coefficient (Wildman–Crippen LogP) is 2.70. The summed E-state index contributed by atoms with van der Waals surface area (Å²) < 4.78 is 1.99. The fraction of sp³-hybridized carbons (Fsp3) is 0.0769. The molecule has 0 atom stereocenters. The van der Waals surface area contributed by atoms with Crippen LogP contribution in [-0.4, -0.2) is 14.5 Å². The van der Waals surface area contributed by atoms with Gasteiger partial charge in [0, 0.05) is 41.6 Å². The van der Waals surface area contributed by atoms with Crippen molar-refractivity contribution >= 4 is 28.4 Å². The molecule has 0 aliphatic carbocycles. The molecule has 0 bridgehead atoms. The number of benzene rings is 1. The van der Waals surface area contributed by atoms with E-state index in [9.17, 15) is 0 Å². The van der Waals surface area contributed by atoms with Crippen LogP contribution in [0.15, 0.2) is 52.9 Å². The number of aryl methyl sites for hydroxylation is 1. The molecule has 0 aliphatic rings. The molecule has 0 spiro atoms. The van der Waals surface area contributed by atoms with E-state index in [4.69, 9.17) is 5.73 Å². The first-order valence-electron chi connectivity index (χ1n) is 5.53. The Balaban J connectivity index is 2.09. The molecule has 0 saturated carbocycles. The van der Waals surface area contributed by atoms with E-state index in [-0.39, 0.29) is 0 Å². The molecule has 90 valence electrons. The van der Waals surface area contributed by atoms with E-state index in [1.54, 1.807) is 24.2 Å². The maximum atomic E-state index is 5.77. The molecule has 3 rings (SSSR count). The molecule has 2 heterocycles. The number of imidazole rings is 1. The van der Waals surface area contributed by atoms with Crippen molar-refractivity contribution in [3.05, 3.63) is 42.9 Å². The van der Waals surface area contributed by atoms with Gasteiger partial charge in [-0.15, -0.1) is 0 Å². The number of aromatic nitrogens is 3. The number of nitrogen functional groups attached to an aromatic ring is 1. The Bertz CT molecular complexity index is 705. The average Bonchev–Trinajstić information content (AvgIpc) is 2.75. The lowest BCUT2D eigenvalue weighted by molar-refractivity contribution is 0.790. The van der Waals surface area contributed by atoms with Crippen LogP contribution in [0, 0.1) is 0 Å². The summed E-state index contributed by atoms with van der Waals surface area (Å²) in [7, 11) is 1.98. The third kappa shape index (κ3) is 1.93. The maximum Gasteiger partial charge on any atom is 0.172 e. The van der Waals surface area contributed by atoms with E-state index in [0.29, 0.717) is 0 Å². The smallest absolute Gasteiger partial charge is 0.172 e. The first kappa shape index (κ1) is 11.1. The quantitative estimate of drug-likeness (QED) is 0.716. The second-order valence-electron chi connectivity index (χ2n) is 4.01. The van der Waals surface area contributed by atoms with Gasteiger partial charge in [-0.2, -0.15) is 0 Å². The summed E-state index contributed by atoms with van der Waals surface area (Å²) in [5, 5.41) is 2.05. The number of hydrogen-bond acceptors (Lipinski definition) is 4. The van der Waals surface area contributed by atoms with Crippen molar-refractivity contribution in [3.63, 3.8) is 0 Å². The molecular weight excluding hydrogens is 244 g/mol. The van der Waals surface area contributed by atoms with E-state index in [2.05, 4.69) is 9.97 Å². The first-order valence-corrected chi connectivity index (χ1v) is 6.35. The third-order valence-corrected chi connectivity index (χ3v) is 3.86. The predicted molar refractivity (Wildman–Crippen MR) is 73.5 cm³/mol. The number of hydrogen-bond donors (Lipinski definition) is 1. The van der Waals surface area contributed by atoms with Crippen molar-refractivity contribution in [2.24, 2.45) is 7.05 Å². The SMILES string of the molecule is Cn1ccnc1Sc1ccnc2cc(N)ccc12. The molecule has 0 radical (unpaired) electrons. The second-order valence-corrected chi connectivity index (χ2v) is 5.02. The van der Waals surface area contributed by atoms with Gasteiger partial charge in [0.15, 0.2) is 5.16 Å². The lowest BCUT2D eigenvalue weighted by Crippen LogP contribution is -1.90. The Morgan fingerprint density at radius 1 is 1.17 bits per heavy atom.